The van der Waals surface area contributed by atoms with Crippen LogP contribution in [0, 0.1) is 6.92 Å². The van der Waals surface area contributed by atoms with Crippen molar-refractivity contribution in [2.45, 2.75) is 19.3 Å². The van der Waals surface area contributed by atoms with Crippen LogP contribution < -0.4 is 4.90 Å². The highest BCUT2D eigenvalue weighted by molar-refractivity contribution is 6.31. The summed E-state index contributed by atoms with van der Waals surface area (Å²) in [7, 11) is 0. The second-order valence-electron chi connectivity index (χ2n) is 5.98. The molecule has 2 aromatic carbocycles. The molecule has 2 heterocycles. The maximum atomic E-state index is 12.5. The zero-order chi connectivity index (χ0) is 16.0. The minimum absolute atomic E-state index is 0.0771. The van der Waals surface area contributed by atoms with E-state index in [-0.39, 0.29) is 11.8 Å². The van der Waals surface area contributed by atoms with Gasteiger partial charge in [0.2, 0.25) is 5.91 Å². The summed E-state index contributed by atoms with van der Waals surface area (Å²) in [4.78, 5) is 22.3. The number of hydrogen-bond acceptors (Lipinski definition) is 2. The molecule has 1 saturated heterocycles. The molecule has 0 bridgehead atoms. The van der Waals surface area contributed by atoms with Gasteiger partial charge in [0.05, 0.1) is 11.0 Å². The lowest BCUT2D eigenvalue weighted by atomic mass is 10.1. The Bertz CT molecular complexity index is 869. The number of anilines is 1. The van der Waals surface area contributed by atoms with E-state index in [1.54, 1.807) is 0 Å². The maximum absolute atomic E-state index is 12.5. The number of rotatable bonds is 2. The van der Waals surface area contributed by atoms with Crippen LogP contribution in [-0.4, -0.2) is 22.4 Å². The first-order valence-electron chi connectivity index (χ1n) is 7.63. The van der Waals surface area contributed by atoms with Gasteiger partial charge in [-0.1, -0.05) is 29.8 Å². The Balaban J connectivity index is 1.66. The molecule has 0 saturated carbocycles. The van der Waals surface area contributed by atoms with Gasteiger partial charge in [-0.25, -0.2) is 4.98 Å². The number of carbonyl (C=O) groups excluding carboxylic acids is 1. The molecule has 1 aromatic heterocycles. The van der Waals surface area contributed by atoms with Gasteiger partial charge in [0.25, 0.3) is 0 Å². The average Bonchev–Trinajstić information content (AvgIpc) is 3.13. The standard InChI is InChI=1S/C18H16ClN3O/c1-11-6-7-13(19)9-16(11)22-10-12(8-17(22)23)18-20-14-4-2-3-5-15(14)21-18/h2-7,9,12H,8,10H2,1H3,(H,20,21). The topological polar surface area (TPSA) is 49.0 Å². The van der Waals surface area contributed by atoms with Crippen molar-refractivity contribution < 1.29 is 4.79 Å². The highest BCUT2D eigenvalue weighted by Crippen LogP contribution is 2.34. The fourth-order valence-electron chi connectivity index (χ4n) is 3.16. The summed E-state index contributed by atoms with van der Waals surface area (Å²) in [6.07, 6.45) is 0.464. The summed E-state index contributed by atoms with van der Waals surface area (Å²) in [5, 5.41) is 0.644. The third-order valence-corrected chi connectivity index (χ3v) is 4.62. The molecule has 23 heavy (non-hydrogen) atoms. The number of hydrogen-bond donors (Lipinski definition) is 1. The molecule has 1 aliphatic rings. The molecular formula is C18H16ClN3O. The van der Waals surface area contributed by atoms with Crippen molar-refractivity contribution in [3.05, 3.63) is 58.9 Å². The number of benzene rings is 2. The van der Waals surface area contributed by atoms with E-state index in [1.165, 1.54) is 0 Å². The molecule has 4 rings (SSSR count). The van der Waals surface area contributed by atoms with Crippen LogP contribution >= 0.6 is 11.6 Å². The normalized spacial score (nSPS) is 18.1. The SMILES string of the molecule is Cc1ccc(Cl)cc1N1CC(c2nc3ccccc3[nH]2)CC1=O. The first-order valence-corrected chi connectivity index (χ1v) is 8.01. The monoisotopic (exact) mass is 325 g/mol. The molecule has 0 aliphatic carbocycles. The van der Waals surface area contributed by atoms with E-state index in [2.05, 4.69) is 9.97 Å². The third-order valence-electron chi connectivity index (χ3n) is 4.38. The van der Waals surface area contributed by atoms with E-state index in [0.29, 0.717) is 18.0 Å². The fourth-order valence-corrected chi connectivity index (χ4v) is 3.33. The Hall–Kier alpha value is -2.33. The van der Waals surface area contributed by atoms with Gasteiger partial charge in [-0.2, -0.15) is 0 Å². The first-order chi connectivity index (χ1) is 11.1. The molecule has 0 spiro atoms. The number of para-hydroxylation sites is 2. The number of halogens is 1. The summed E-state index contributed by atoms with van der Waals surface area (Å²) >= 11 is 6.09. The Morgan fingerprint density at radius 2 is 2.09 bits per heavy atom. The van der Waals surface area contributed by atoms with Crippen molar-refractivity contribution in [3.63, 3.8) is 0 Å². The van der Waals surface area contributed by atoms with Crippen LogP contribution in [-0.2, 0) is 4.79 Å². The lowest BCUT2D eigenvalue weighted by Crippen LogP contribution is -2.25. The molecule has 1 N–H and O–H groups in total. The summed E-state index contributed by atoms with van der Waals surface area (Å²) in [5.74, 6) is 1.07. The predicted octanol–water partition coefficient (Wildman–Crippen LogP) is 4.05. The Morgan fingerprint density at radius 3 is 2.91 bits per heavy atom. The molecule has 0 radical (unpaired) electrons. The van der Waals surface area contributed by atoms with Gasteiger partial charge in [0.1, 0.15) is 5.82 Å². The number of fused-ring (bicyclic) bond motifs is 1. The quantitative estimate of drug-likeness (QED) is 0.773. The molecule has 4 nitrogen and oxygen atoms in total. The summed E-state index contributed by atoms with van der Waals surface area (Å²) in [6.45, 7) is 2.62. The number of aromatic amines is 1. The Kier molecular flexibility index (Phi) is 3.34. The van der Waals surface area contributed by atoms with Gasteiger partial charge in [-0.3, -0.25) is 4.79 Å². The van der Waals surface area contributed by atoms with Crippen LogP contribution in [0.5, 0.6) is 0 Å². The number of aromatic nitrogens is 2. The van der Waals surface area contributed by atoms with Gasteiger partial charge in [0.15, 0.2) is 0 Å². The molecule has 1 fully saturated rings. The fraction of sp³-hybridized carbons (Fsp3) is 0.222. The van der Waals surface area contributed by atoms with Crippen LogP contribution in [0.25, 0.3) is 11.0 Å². The van der Waals surface area contributed by atoms with Crippen LogP contribution in [0.1, 0.15) is 23.7 Å². The number of aryl methyl sites for hydroxylation is 1. The molecule has 3 aromatic rings. The summed E-state index contributed by atoms with van der Waals surface area (Å²) in [6, 6.07) is 13.6. The number of carbonyl (C=O) groups is 1. The van der Waals surface area contributed by atoms with Crippen LogP contribution in [0.4, 0.5) is 5.69 Å². The van der Waals surface area contributed by atoms with Crippen LogP contribution in [0.2, 0.25) is 5.02 Å². The zero-order valence-electron chi connectivity index (χ0n) is 12.7. The van der Waals surface area contributed by atoms with E-state index in [4.69, 9.17) is 11.6 Å². The highest BCUT2D eigenvalue weighted by Gasteiger charge is 2.34. The second-order valence-corrected chi connectivity index (χ2v) is 6.41. The number of H-pyrrole nitrogens is 1. The minimum Gasteiger partial charge on any atom is -0.342 e. The molecule has 1 atom stereocenters. The predicted molar refractivity (Wildman–Crippen MR) is 92.0 cm³/mol. The zero-order valence-corrected chi connectivity index (χ0v) is 13.5. The number of amides is 1. The molecular weight excluding hydrogens is 310 g/mol. The largest absolute Gasteiger partial charge is 0.342 e. The van der Waals surface area contributed by atoms with Gasteiger partial charge in [-0.05, 0) is 36.8 Å². The van der Waals surface area contributed by atoms with E-state index in [1.807, 2.05) is 54.3 Å². The lowest BCUT2D eigenvalue weighted by Gasteiger charge is -2.19. The van der Waals surface area contributed by atoms with Gasteiger partial charge in [0, 0.05) is 29.6 Å². The van der Waals surface area contributed by atoms with Crippen molar-refractivity contribution in [1.29, 1.82) is 0 Å². The van der Waals surface area contributed by atoms with E-state index in [9.17, 15) is 4.79 Å². The average molecular weight is 326 g/mol. The third kappa shape index (κ3) is 2.49. The van der Waals surface area contributed by atoms with Crippen molar-refractivity contribution in [3.8, 4) is 0 Å². The molecule has 1 aliphatic heterocycles. The van der Waals surface area contributed by atoms with Gasteiger partial charge >= 0.3 is 0 Å². The van der Waals surface area contributed by atoms with Crippen molar-refractivity contribution >= 4 is 34.2 Å². The molecule has 116 valence electrons. The summed E-state index contributed by atoms with van der Waals surface area (Å²) < 4.78 is 0. The first kappa shape index (κ1) is 14.3. The van der Waals surface area contributed by atoms with Gasteiger partial charge < -0.3 is 9.88 Å². The summed E-state index contributed by atoms with van der Waals surface area (Å²) in [5.41, 5.74) is 3.88. The van der Waals surface area contributed by atoms with Crippen LogP contribution in [0.3, 0.4) is 0 Å². The Labute approximate surface area is 139 Å². The van der Waals surface area contributed by atoms with E-state index >= 15 is 0 Å². The number of nitrogens with zero attached hydrogens (tertiary/aromatic N) is 2. The minimum atomic E-state index is 0.0771. The van der Waals surface area contributed by atoms with E-state index < -0.39 is 0 Å². The van der Waals surface area contributed by atoms with Crippen molar-refractivity contribution in [2.24, 2.45) is 0 Å². The second kappa shape index (κ2) is 5.39. The smallest absolute Gasteiger partial charge is 0.227 e. The molecule has 1 unspecified atom stereocenters. The molecule has 5 heteroatoms. The van der Waals surface area contributed by atoms with E-state index in [0.717, 1.165) is 28.1 Å². The van der Waals surface area contributed by atoms with Crippen molar-refractivity contribution in [2.75, 3.05) is 11.4 Å². The number of imidazole rings is 1. The maximum Gasteiger partial charge on any atom is 0.227 e. The van der Waals surface area contributed by atoms with Crippen LogP contribution in [0.15, 0.2) is 42.5 Å². The highest BCUT2D eigenvalue weighted by atomic mass is 35.5. The van der Waals surface area contributed by atoms with Gasteiger partial charge in [-0.15, -0.1) is 0 Å². The Morgan fingerprint density at radius 1 is 1.26 bits per heavy atom. The van der Waals surface area contributed by atoms with Crippen molar-refractivity contribution in [1.82, 2.24) is 9.97 Å². The molecule has 1 amide bonds. The number of nitrogens with one attached hydrogen (secondary N) is 1. The lowest BCUT2D eigenvalue weighted by molar-refractivity contribution is -0.117.